The molecule has 1 N–H and O–H groups in total. The van der Waals surface area contributed by atoms with E-state index in [1.807, 2.05) is 0 Å². The average molecular weight is 364 g/mol. The van der Waals surface area contributed by atoms with Crippen molar-refractivity contribution in [3.8, 4) is 0 Å². The van der Waals surface area contributed by atoms with Gasteiger partial charge in [-0.25, -0.2) is 21.9 Å². The van der Waals surface area contributed by atoms with Crippen molar-refractivity contribution in [1.29, 1.82) is 0 Å². The number of carbonyl (C=O) groups excluding carboxylic acids is 1. The van der Waals surface area contributed by atoms with Crippen LogP contribution in [0.4, 0.5) is 14.5 Å². The van der Waals surface area contributed by atoms with Crippen molar-refractivity contribution in [2.24, 2.45) is 0 Å². The molecule has 1 amide bonds. The van der Waals surface area contributed by atoms with Crippen LogP contribution < -0.4 is 5.32 Å². The highest BCUT2D eigenvalue weighted by Gasteiger charge is 2.24. The Morgan fingerprint density at radius 1 is 1.39 bits per heavy atom. The van der Waals surface area contributed by atoms with E-state index in [0.717, 1.165) is 6.26 Å². The number of nitrogens with zero attached hydrogens (tertiary/aromatic N) is 2. The third kappa shape index (κ3) is 4.05. The van der Waals surface area contributed by atoms with Gasteiger partial charge in [0.1, 0.15) is 11.7 Å². The number of aromatic nitrogens is 2. The van der Waals surface area contributed by atoms with Crippen molar-refractivity contribution in [2.75, 3.05) is 11.6 Å². The van der Waals surface area contributed by atoms with Crippen LogP contribution in [0.15, 0.2) is 18.2 Å². The molecule has 0 saturated heterocycles. The summed E-state index contributed by atoms with van der Waals surface area (Å²) in [6.45, 7) is 1.67. The maximum Gasteiger partial charge on any atom is 0.279 e. The zero-order valence-electron chi connectivity index (χ0n) is 12.1. The molecule has 0 bridgehead atoms. The maximum atomic E-state index is 14.0. The fourth-order valence-corrected chi connectivity index (χ4v) is 2.66. The molecule has 0 atom stereocenters. The summed E-state index contributed by atoms with van der Waals surface area (Å²) in [5.41, 5.74) is -0.237. The summed E-state index contributed by atoms with van der Waals surface area (Å²) < 4.78 is 50.7. The third-order valence-electron chi connectivity index (χ3n) is 2.78. The van der Waals surface area contributed by atoms with E-state index in [1.165, 1.54) is 12.1 Å². The average Bonchev–Trinajstić information content (AvgIpc) is 2.68. The molecule has 23 heavy (non-hydrogen) atoms. The number of aryl methyl sites for hydroxylation is 1. The Bertz CT molecular complexity index is 881. The van der Waals surface area contributed by atoms with Crippen LogP contribution in [0.5, 0.6) is 0 Å². The largest absolute Gasteiger partial charge is 0.318 e. The summed E-state index contributed by atoms with van der Waals surface area (Å²) in [5.74, 6) is -3.60. The highest BCUT2D eigenvalue weighted by Crippen LogP contribution is 2.21. The van der Waals surface area contributed by atoms with Crippen molar-refractivity contribution < 1.29 is 22.0 Å². The number of hydrogen-bond donors (Lipinski definition) is 1. The molecule has 1 aromatic carbocycles. The van der Waals surface area contributed by atoms with Gasteiger partial charge in [-0.05, 0) is 24.6 Å². The molecular weight excluding hydrogens is 352 g/mol. The van der Waals surface area contributed by atoms with E-state index in [9.17, 15) is 22.0 Å². The Balaban J connectivity index is 2.31. The number of anilines is 1. The first kappa shape index (κ1) is 17.4. The molecule has 0 spiro atoms. The van der Waals surface area contributed by atoms with Crippen LogP contribution >= 0.6 is 11.6 Å². The van der Waals surface area contributed by atoms with Crippen molar-refractivity contribution in [3.63, 3.8) is 0 Å². The van der Waals surface area contributed by atoms with E-state index in [1.54, 1.807) is 13.0 Å². The molecule has 0 saturated carbocycles. The van der Waals surface area contributed by atoms with Gasteiger partial charge in [-0.15, -0.1) is 0 Å². The molecule has 1 aromatic heterocycles. The predicted molar refractivity (Wildman–Crippen MR) is 81.1 cm³/mol. The normalized spacial score (nSPS) is 11.5. The molecule has 0 radical (unpaired) electrons. The molecule has 6 nitrogen and oxygen atoms in total. The number of halogens is 3. The lowest BCUT2D eigenvalue weighted by Crippen LogP contribution is -2.16. The minimum atomic E-state index is -3.54. The summed E-state index contributed by atoms with van der Waals surface area (Å²) >= 11 is 5.63. The minimum absolute atomic E-state index is 0.159. The monoisotopic (exact) mass is 363 g/mol. The minimum Gasteiger partial charge on any atom is -0.318 e. The second-order valence-electron chi connectivity index (χ2n) is 4.95. The standard InChI is InChI=1S/C13H12ClF2N3O3S/c1-7-3-4-9(8(15)5-7)17-13(20)11-10(16)12(14)19(18-11)6-23(2,21)22/h3-5H,6H2,1-2H3,(H,17,20). The van der Waals surface area contributed by atoms with E-state index in [-0.39, 0.29) is 5.69 Å². The molecule has 2 rings (SSSR count). The molecule has 0 aliphatic carbocycles. The number of rotatable bonds is 4. The van der Waals surface area contributed by atoms with Crippen molar-refractivity contribution in [1.82, 2.24) is 9.78 Å². The van der Waals surface area contributed by atoms with Crippen molar-refractivity contribution in [2.45, 2.75) is 12.8 Å². The number of benzene rings is 1. The van der Waals surface area contributed by atoms with E-state index < -0.39 is 44.1 Å². The highest BCUT2D eigenvalue weighted by molar-refractivity contribution is 7.89. The zero-order valence-corrected chi connectivity index (χ0v) is 13.7. The van der Waals surface area contributed by atoms with Gasteiger partial charge in [0.15, 0.2) is 26.5 Å². The number of nitrogens with one attached hydrogen (secondary N) is 1. The maximum absolute atomic E-state index is 14.0. The Kier molecular flexibility index (Phi) is 4.71. The highest BCUT2D eigenvalue weighted by atomic mass is 35.5. The van der Waals surface area contributed by atoms with E-state index >= 15 is 0 Å². The lowest BCUT2D eigenvalue weighted by atomic mass is 10.2. The molecule has 2 aromatic rings. The third-order valence-corrected chi connectivity index (χ3v) is 3.86. The molecule has 124 valence electrons. The summed E-state index contributed by atoms with van der Waals surface area (Å²) in [4.78, 5) is 12.0. The van der Waals surface area contributed by atoms with Crippen LogP contribution in [0.1, 0.15) is 16.1 Å². The molecule has 1 heterocycles. The number of amides is 1. The molecule has 0 aliphatic rings. The first-order valence-electron chi connectivity index (χ1n) is 6.25. The number of hydrogen-bond acceptors (Lipinski definition) is 4. The van der Waals surface area contributed by atoms with Gasteiger partial charge < -0.3 is 5.32 Å². The first-order valence-corrected chi connectivity index (χ1v) is 8.69. The van der Waals surface area contributed by atoms with Crippen LogP contribution in [-0.4, -0.2) is 30.4 Å². The van der Waals surface area contributed by atoms with Gasteiger partial charge in [0.25, 0.3) is 5.91 Å². The Labute approximate surface area is 136 Å². The Hall–Kier alpha value is -2.00. The van der Waals surface area contributed by atoms with Crippen LogP contribution in [0.2, 0.25) is 5.15 Å². The van der Waals surface area contributed by atoms with Crippen LogP contribution in [0, 0.1) is 18.6 Å². The van der Waals surface area contributed by atoms with Gasteiger partial charge in [0.2, 0.25) is 0 Å². The second-order valence-corrected chi connectivity index (χ2v) is 7.41. The van der Waals surface area contributed by atoms with E-state index in [0.29, 0.717) is 10.2 Å². The number of sulfone groups is 1. The fraction of sp³-hybridized carbons (Fsp3) is 0.231. The van der Waals surface area contributed by atoms with Gasteiger partial charge >= 0.3 is 0 Å². The molecular formula is C13H12ClF2N3O3S. The van der Waals surface area contributed by atoms with Crippen LogP contribution in [0.25, 0.3) is 0 Å². The summed E-state index contributed by atoms with van der Waals surface area (Å²) in [6.07, 6.45) is 0.907. The van der Waals surface area contributed by atoms with Crippen molar-refractivity contribution >= 4 is 33.0 Å². The van der Waals surface area contributed by atoms with Crippen LogP contribution in [0.3, 0.4) is 0 Å². The first-order chi connectivity index (χ1) is 10.6. The fourth-order valence-electron chi connectivity index (χ4n) is 1.78. The Morgan fingerprint density at radius 3 is 2.61 bits per heavy atom. The zero-order chi connectivity index (χ0) is 17.4. The van der Waals surface area contributed by atoms with Gasteiger partial charge in [-0.1, -0.05) is 17.7 Å². The summed E-state index contributed by atoms with van der Waals surface area (Å²) in [5, 5.41) is 5.07. The molecule has 0 aliphatic heterocycles. The predicted octanol–water partition coefficient (Wildman–Crippen LogP) is 2.38. The quantitative estimate of drug-likeness (QED) is 0.904. The Morgan fingerprint density at radius 2 is 2.04 bits per heavy atom. The van der Waals surface area contributed by atoms with E-state index in [2.05, 4.69) is 10.4 Å². The van der Waals surface area contributed by atoms with Crippen molar-refractivity contribution in [3.05, 3.63) is 46.2 Å². The second kappa shape index (κ2) is 6.25. The van der Waals surface area contributed by atoms with Gasteiger partial charge in [0, 0.05) is 6.26 Å². The molecule has 10 heteroatoms. The molecule has 0 fully saturated rings. The summed E-state index contributed by atoms with van der Waals surface area (Å²) in [6, 6.07) is 4.07. The van der Waals surface area contributed by atoms with Gasteiger partial charge in [0.05, 0.1) is 5.69 Å². The lowest BCUT2D eigenvalue weighted by molar-refractivity contribution is 0.101. The van der Waals surface area contributed by atoms with Crippen LogP contribution in [-0.2, 0) is 15.7 Å². The smallest absolute Gasteiger partial charge is 0.279 e. The summed E-state index contributed by atoms with van der Waals surface area (Å²) in [7, 11) is -3.54. The molecule has 0 unspecified atom stereocenters. The number of carbonyl (C=O) groups is 1. The van der Waals surface area contributed by atoms with Gasteiger partial charge in [-0.2, -0.15) is 5.10 Å². The lowest BCUT2D eigenvalue weighted by Gasteiger charge is -2.05. The SMILES string of the molecule is Cc1ccc(NC(=O)c2nn(CS(C)(=O)=O)c(Cl)c2F)c(F)c1. The van der Waals surface area contributed by atoms with E-state index in [4.69, 9.17) is 11.6 Å². The van der Waals surface area contributed by atoms with Gasteiger partial charge in [-0.3, -0.25) is 4.79 Å². The topological polar surface area (TPSA) is 81.1 Å².